The number of halogens is 1. The number of aryl methyl sites for hydroxylation is 2. The Balaban J connectivity index is 1.92. The normalized spacial score (nSPS) is 15.8. The molecule has 5 nitrogen and oxygen atoms in total. The molecular weight excluding hydrogens is 430 g/mol. The van der Waals surface area contributed by atoms with Gasteiger partial charge in [0.05, 0.1) is 6.04 Å². The largest absolute Gasteiger partial charge is 0.507 e. The number of carbonyl (C=O) groups excluding carboxylic acids is 1. The van der Waals surface area contributed by atoms with Gasteiger partial charge in [-0.3, -0.25) is 9.89 Å². The number of amides is 1. The Morgan fingerprint density at radius 2 is 2.03 bits per heavy atom. The van der Waals surface area contributed by atoms with Crippen molar-refractivity contribution in [3.05, 3.63) is 68.8 Å². The molecule has 150 valence electrons. The lowest BCUT2D eigenvalue weighted by Crippen LogP contribution is -2.30. The molecule has 29 heavy (non-hydrogen) atoms. The first-order valence-corrected chi connectivity index (χ1v) is 10.7. The van der Waals surface area contributed by atoms with Gasteiger partial charge in [-0.1, -0.05) is 47.5 Å². The van der Waals surface area contributed by atoms with Crippen LogP contribution < -0.4 is 0 Å². The summed E-state index contributed by atoms with van der Waals surface area (Å²) in [6.07, 6.45) is 1.93. The molecule has 6 heteroatoms. The number of rotatable bonds is 5. The van der Waals surface area contributed by atoms with Gasteiger partial charge in [-0.2, -0.15) is 5.10 Å². The van der Waals surface area contributed by atoms with Crippen molar-refractivity contribution in [3.63, 3.8) is 0 Å². The molecule has 0 fully saturated rings. The van der Waals surface area contributed by atoms with Crippen molar-refractivity contribution in [2.45, 2.75) is 39.7 Å². The van der Waals surface area contributed by atoms with Crippen LogP contribution >= 0.6 is 15.9 Å². The first-order valence-electron chi connectivity index (χ1n) is 9.87. The number of carbonyl (C=O) groups is 1. The fourth-order valence-electron chi connectivity index (χ4n) is 4.22. The fourth-order valence-corrected chi connectivity index (χ4v) is 4.64. The maximum atomic E-state index is 13.2. The van der Waals surface area contributed by atoms with Gasteiger partial charge in [0.1, 0.15) is 17.1 Å². The Kier molecular flexibility index (Phi) is 5.21. The predicted octanol–water partition coefficient (Wildman–Crippen LogP) is 5.51. The molecule has 1 aromatic heterocycles. The molecule has 0 bridgehead atoms. The van der Waals surface area contributed by atoms with E-state index in [1.807, 2.05) is 49.1 Å². The topological polar surface area (TPSA) is 69.2 Å². The monoisotopic (exact) mass is 453 g/mol. The van der Waals surface area contributed by atoms with Crippen molar-refractivity contribution >= 4 is 21.8 Å². The molecule has 1 amide bonds. The van der Waals surface area contributed by atoms with Crippen molar-refractivity contribution in [3.8, 4) is 17.0 Å². The molecule has 1 aliphatic heterocycles. The second kappa shape index (κ2) is 7.67. The predicted molar refractivity (Wildman–Crippen MR) is 117 cm³/mol. The van der Waals surface area contributed by atoms with Gasteiger partial charge in [-0.25, -0.2) is 0 Å². The van der Waals surface area contributed by atoms with Crippen LogP contribution in [0.2, 0.25) is 0 Å². The van der Waals surface area contributed by atoms with Crippen LogP contribution in [-0.4, -0.2) is 32.7 Å². The lowest BCUT2D eigenvalue weighted by molar-refractivity contribution is 0.0741. The van der Waals surface area contributed by atoms with E-state index >= 15 is 0 Å². The minimum atomic E-state index is -0.240. The number of nitrogens with zero attached hydrogens (tertiary/aromatic N) is 2. The lowest BCUT2D eigenvalue weighted by atomic mass is 9.93. The summed E-state index contributed by atoms with van der Waals surface area (Å²) in [5, 5.41) is 18.1. The average molecular weight is 454 g/mol. The van der Waals surface area contributed by atoms with Crippen LogP contribution in [0.1, 0.15) is 58.5 Å². The van der Waals surface area contributed by atoms with E-state index in [1.165, 1.54) is 0 Å². The summed E-state index contributed by atoms with van der Waals surface area (Å²) in [7, 11) is 0. The summed E-state index contributed by atoms with van der Waals surface area (Å²) in [5.41, 5.74) is 5.62. The Labute approximate surface area is 178 Å². The van der Waals surface area contributed by atoms with Crippen LogP contribution in [0, 0.1) is 13.8 Å². The van der Waals surface area contributed by atoms with Gasteiger partial charge in [0, 0.05) is 22.1 Å². The van der Waals surface area contributed by atoms with Crippen molar-refractivity contribution in [1.29, 1.82) is 0 Å². The number of nitrogens with one attached hydrogen (secondary N) is 1. The summed E-state index contributed by atoms with van der Waals surface area (Å²) >= 11 is 3.56. The smallest absolute Gasteiger partial charge is 0.273 e. The quantitative estimate of drug-likeness (QED) is 0.535. The van der Waals surface area contributed by atoms with Crippen LogP contribution in [0.15, 0.2) is 40.9 Å². The molecule has 0 spiro atoms. The summed E-state index contributed by atoms with van der Waals surface area (Å²) < 4.78 is 0.964. The van der Waals surface area contributed by atoms with Gasteiger partial charge < -0.3 is 10.0 Å². The molecule has 1 atom stereocenters. The summed E-state index contributed by atoms with van der Waals surface area (Å²) in [6.45, 7) is 6.70. The van der Waals surface area contributed by atoms with E-state index in [2.05, 4.69) is 33.1 Å². The number of fused-ring (bicyclic) bond motifs is 1. The second-order valence-corrected chi connectivity index (χ2v) is 8.56. The summed E-state index contributed by atoms with van der Waals surface area (Å²) in [5.74, 6) is 0.144. The molecule has 0 saturated heterocycles. The van der Waals surface area contributed by atoms with Crippen molar-refractivity contribution in [1.82, 2.24) is 15.1 Å². The maximum absolute atomic E-state index is 13.2. The molecular formula is C23H24BrN3O2. The number of benzene rings is 2. The SMILES string of the molecule is CCCCN1C(=O)c2[nH]nc(-c3c(C)cc(C)cc3O)c2C1c1cccc(Br)c1. The van der Waals surface area contributed by atoms with Crippen molar-refractivity contribution < 1.29 is 9.90 Å². The molecule has 3 aromatic rings. The highest BCUT2D eigenvalue weighted by molar-refractivity contribution is 9.10. The number of aromatic nitrogens is 2. The zero-order valence-corrected chi connectivity index (χ0v) is 18.4. The molecule has 2 heterocycles. The molecule has 2 N–H and O–H groups in total. The number of phenols is 1. The average Bonchev–Trinajstić information content (AvgIpc) is 3.19. The number of phenolic OH excluding ortho intramolecular Hbond substituents is 1. The highest BCUT2D eigenvalue weighted by Gasteiger charge is 2.42. The number of aromatic amines is 1. The van der Waals surface area contributed by atoms with Gasteiger partial charge in [0.25, 0.3) is 5.91 Å². The number of aromatic hydroxyl groups is 1. The maximum Gasteiger partial charge on any atom is 0.273 e. The number of hydrogen-bond acceptors (Lipinski definition) is 3. The van der Waals surface area contributed by atoms with E-state index in [-0.39, 0.29) is 17.7 Å². The molecule has 0 radical (unpaired) electrons. The van der Waals surface area contributed by atoms with Gasteiger partial charge in [0.2, 0.25) is 0 Å². The second-order valence-electron chi connectivity index (χ2n) is 7.65. The zero-order valence-electron chi connectivity index (χ0n) is 16.8. The van der Waals surface area contributed by atoms with Crippen molar-refractivity contribution in [2.24, 2.45) is 0 Å². The van der Waals surface area contributed by atoms with Gasteiger partial charge in [0.15, 0.2) is 0 Å². The van der Waals surface area contributed by atoms with E-state index in [9.17, 15) is 9.90 Å². The first-order chi connectivity index (χ1) is 13.9. The van der Waals surface area contributed by atoms with Crippen LogP contribution in [0.5, 0.6) is 5.75 Å². The first kappa shape index (κ1) is 19.7. The van der Waals surface area contributed by atoms with Gasteiger partial charge in [-0.15, -0.1) is 0 Å². The molecule has 2 aromatic carbocycles. The zero-order chi connectivity index (χ0) is 20.7. The van der Waals surface area contributed by atoms with Crippen LogP contribution in [0.3, 0.4) is 0 Å². The van der Waals surface area contributed by atoms with Crippen LogP contribution in [-0.2, 0) is 0 Å². The third kappa shape index (κ3) is 3.35. The number of hydrogen-bond donors (Lipinski definition) is 2. The molecule has 4 rings (SSSR count). The molecule has 1 unspecified atom stereocenters. The Morgan fingerprint density at radius 1 is 1.24 bits per heavy atom. The van der Waals surface area contributed by atoms with Crippen LogP contribution in [0.25, 0.3) is 11.3 Å². The molecule has 0 aliphatic carbocycles. The van der Waals surface area contributed by atoms with Crippen molar-refractivity contribution in [2.75, 3.05) is 6.54 Å². The highest BCUT2D eigenvalue weighted by atomic mass is 79.9. The van der Waals surface area contributed by atoms with Gasteiger partial charge >= 0.3 is 0 Å². The Bertz CT molecular complexity index is 1070. The Morgan fingerprint density at radius 3 is 2.72 bits per heavy atom. The molecule has 0 saturated carbocycles. The van der Waals surface area contributed by atoms with E-state index in [1.54, 1.807) is 6.07 Å². The van der Waals surface area contributed by atoms with E-state index in [4.69, 9.17) is 0 Å². The standard InChI is InChI=1S/C23H24BrN3O2/c1-4-5-9-27-22(15-7-6-8-16(24)12-15)19-20(25-26-21(19)23(27)29)18-14(3)10-13(2)11-17(18)28/h6-8,10-12,22,28H,4-5,9H2,1-3H3,(H,25,26). The minimum absolute atomic E-state index is 0.0403. The van der Waals surface area contributed by atoms with E-state index in [0.717, 1.165) is 39.6 Å². The minimum Gasteiger partial charge on any atom is -0.507 e. The summed E-state index contributed by atoms with van der Waals surface area (Å²) in [4.78, 5) is 15.1. The van der Waals surface area contributed by atoms with Crippen LogP contribution in [0.4, 0.5) is 0 Å². The lowest BCUT2D eigenvalue weighted by Gasteiger charge is -2.26. The third-order valence-corrected chi connectivity index (χ3v) is 5.97. The number of H-pyrrole nitrogens is 1. The van der Waals surface area contributed by atoms with E-state index < -0.39 is 0 Å². The Hall–Kier alpha value is -2.60. The third-order valence-electron chi connectivity index (χ3n) is 5.48. The highest BCUT2D eigenvalue weighted by Crippen LogP contribution is 2.45. The van der Waals surface area contributed by atoms with E-state index in [0.29, 0.717) is 23.5 Å². The fraction of sp³-hybridized carbons (Fsp3) is 0.304. The number of unbranched alkanes of at least 4 members (excludes halogenated alkanes) is 1. The molecule has 1 aliphatic rings. The van der Waals surface area contributed by atoms with Gasteiger partial charge in [-0.05, 0) is 55.2 Å². The summed E-state index contributed by atoms with van der Waals surface area (Å²) in [6, 6.07) is 11.6.